The molecule has 3 aromatic rings. The number of hydrogen-bond donors (Lipinski definition) is 0. The lowest BCUT2D eigenvalue weighted by atomic mass is 9.94. The summed E-state index contributed by atoms with van der Waals surface area (Å²) >= 11 is 7.93. The van der Waals surface area contributed by atoms with Crippen LogP contribution in [0.5, 0.6) is 0 Å². The Morgan fingerprint density at radius 2 is 1.83 bits per heavy atom. The fraction of sp³-hybridized carbons (Fsp3) is 0.458. The van der Waals surface area contributed by atoms with Gasteiger partial charge in [-0.25, -0.2) is 0 Å². The van der Waals surface area contributed by atoms with Crippen molar-refractivity contribution in [2.24, 2.45) is 0 Å². The monoisotopic (exact) mass is 441 g/mol. The molecule has 1 saturated carbocycles. The Morgan fingerprint density at radius 3 is 2.57 bits per heavy atom. The molecule has 30 heavy (non-hydrogen) atoms. The Morgan fingerprint density at radius 1 is 1.03 bits per heavy atom. The molecule has 3 heterocycles. The molecule has 0 atom stereocenters. The zero-order valence-corrected chi connectivity index (χ0v) is 18.8. The maximum Gasteiger partial charge on any atom is 0.242 e. The second-order valence-electron chi connectivity index (χ2n) is 8.50. The molecule has 158 valence electrons. The third-order valence-corrected chi connectivity index (χ3v) is 7.82. The lowest BCUT2D eigenvalue weighted by Crippen LogP contribution is -2.52. The lowest BCUT2D eigenvalue weighted by molar-refractivity contribution is -0.133. The van der Waals surface area contributed by atoms with Gasteiger partial charge in [0.2, 0.25) is 5.91 Å². The van der Waals surface area contributed by atoms with Crippen molar-refractivity contribution in [1.29, 1.82) is 0 Å². The van der Waals surface area contributed by atoms with Crippen LogP contribution in [0.25, 0.3) is 21.5 Å². The molecule has 1 saturated heterocycles. The molecule has 1 aromatic carbocycles. The van der Waals surface area contributed by atoms with Gasteiger partial charge < -0.3 is 9.47 Å². The quantitative estimate of drug-likeness (QED) is 0.534. The Kier molecular flexibility index (Phi) is 5.85. The summed E-state index contributed by atoms with van der Waals surface area (Å²) in [6.45, 7) is 4.08. The summed E-state index contributed by atoms with van der Waals surface area (Å²) in [6, 6.07) is 13.0. The van der Waals surface area contributed by atoms with E-state index in [4.69, 9.17) is 11.6 Å². The lowest BCUT2D eigenvalue weighted by Gasteiger charge is -2.40. The molecule has 1 aliphatic carbocycles. The molecule has 1 aliphatic heterocycles. The van der Waals surface area contributed by atoms with Crippen molar-refractivity contribution >= 4 is 39.7 Å². The Labute approximate surface area is 187 Å². The molecule has 0 unspecified atom stereocenters. The van der Waals surface area contributed by atoms with Gasteiger partial charge in [-0.1, -0.05) is 36.9 Å². The molecule has 2 aliphatic rings. The molecule has 0 spiro atoms. The van der Waals surface area contributed by atoms with Crippen molar-refractivity contribution < 1.29 is 4.79 Å². The van der Waals surface area contributed by atoms with E-state index in [1.807, 2.05) is 18.2 Å². The summed E-state index contributed by atoms with van der Waals surface area (Å²) in [5, 5.41) is 3.89. The number of nitrogens with zero attached hydrogens (tertiary/aromatic N) is 3. The molecule has 0 bridgehead atoms. The van der Waals surface area contributed by atoms with E-state index in [1.165, 1.54) is 37.0 Å². The number of piperazine rings is 1. The molecule has 4 nitrogen and oxygen atoms in total. The third kappa shape index (κ3) is 4.03. The van der Waals surface area contributed by atoms with Gasteiger partial charge in [0.05, 0.1) is 10.6 Å². The first-order valence-electron chi connectivity index (χ1n) is 11.0. The van der Waals surface area contributed by atoms with Crippen LogP contribution in [0.1, 0.15) is 32.1 Å². The van der Waals surface area contributed by atoms with Crippen LogP contribution in [0.15, 0.2) is 41.8 Å². The van der Waals surface area contributed by atoms with Crippen molar-refractivity contribution in [3.8, 4) is 10.6 Å². The van der Waals surface area contributed by atoms with Gasteiger partial charge in [0.1, 0.15) is 6.54 Å². The number of rotatable bonds is 4. The van der Waals surface area contributed by atoms with Crippen molar-refractivity contribution in [1.82, 2.24) is 14.4 Å². The molecular formula is C24H28ClN3OS. The summed E-state index contributed by atoms with van der Waals surface area (Å²) < 4.78 is 2.16. The number of halogens is 1. The van der Waals surface area contributed by atoms with E-state index in [0.29, 0.717) is 6.54 Å². The van der Waals surface area contributed by atoms with Crippen LogP contribution in [0.4, 0.5) is 0 Å². The fourth-order valence-corrected chi connectivity index (χ4v) is 5.99. The molecule has 0 radical (unpaired) electrons. The number of carbonyl (C=O) groups is 1. The van der Waals surface area contributed by atoms with E-state index in [-0.39, 0.29) is 5.91 Å². The van der Waals surface area contributed by atoms with Crippen molar-refractivity contribution in [2.75, 3.05) is 26.2 Å². The average Bonchev–Trinajstić information content (AvgIpc) is 3.42. The van der Waals surface area contributed by atoms with Crippen LogP contribution < -0.4 is 0 Å². The van der Waals surface area contributed by atoms with Crippen molar-refractivity contribution in [2.45, 2.75) is 44.7 Å². The standard InChI is InChI=1S/C24H28ClN3OS/c25-19-8-9-21-18(15-19)16-22(23-7-4-14-30-23)28(21)17-24(29)27-12-10-26(11-13-27)20-5-2-1-3-6-20/h4,7-9,14-16,20H,1-3,5-6,10-13,17H2. The first kappa shape index (κ1) is 20.1. The van der Waals surface area contributed by atoms with E-state index in [9.17, 15) is 4.79 Å². The number of fused-ring (bicyclic) bond motifs is 1. The van der Waals surface area contributed by atoms with Crippen LogP contribution in [0, 0.1) is 0 Å². The first-order valence-corrected chi connectivity index (χ1v) is 12.3. The van der Waals surface area contributed by atoms with Crippen LogP contribution in [0.3, 0.4) is 0 Å². The predicted molar refractivity (Wildman–Crippen MR) is 125 cm³/mol. The number of hydrogen-bond acceptors (Lipinski definition) is 3. The van der Waals surface area contributed by atoms with Gasteiger partial charge in [0.15, 0.2) is 0 Å². The molecule has 2 fully saturated rings. The minimum absolute atomic E-state index is 0.212. The number of aromatic nitrogens is 1. The number of benzene rings is 1. The second-order valence-corrected chi connectivity index (χ2v) is 9.89. The molecule has 2 aromatic heterocycles. The largest absolute Gasteiger partial charge is 0.339 e. The Bertz CT molecular complexity index is 1010. The highest BCUT2D eigenvalue weighted by Crippen LogP contribution is 2.33. The zero-order valence-electron chi connectivity index (χ0n) is 17.2. The highest BCUT2D eigenvalue weighted by atomic mass is 35.5. The third-order valence-electron chi connectivity index (χ3n) is 6.69. The molecule has 0 N–H and O–H groups in total. The predicted octanol–water partition coefficient (Wildman–Crippen LogP) is 5.50. The van der Waals surface area contributed by atoms with Gasteiger partial charge in [-0.15, -0.1) is 11.3 Å². The van der Waals surface area contributed by atoms with Gasteiger partial charge >= 0.3 is 0 Å². The topological polar surface area (TPSA) is 28.5 Å². The Hall–Kier alpha value is -1.82. The van der Waals surface area contributed by atoms with Crippen LogP contribution in [-0.4, -0.2) is 52.5 Å². The summed E-state index contributed by atoms with van der Waals surface area (Å²) in [5.41, 5.74) is 2.16. The smallest absolute Gasteiger partial charge is 0.242 e. The minimum Gasteiger partial charge on any atom is -0.339 e. The molecule has 1 amide bonds. The highest BCUT2D eigenvalue weighted by Gasteiger charge is 2.27. The summed E-state index contributed by atoms with van der Waals surface area (Å²) in [5.74, 6) is 0.212. The van der Waals surface area contributed by atoms with Crippen LogP contribution >= 0.6 is 22.9 Å². The maximum absolute atomic E-state index is 13.2. The summed E-state index contributed by atoms with van der Waals surface area (Å²) in [6.07, 6.45) is 6.77. The van der Waals surface area contributed by atoms with Gasteiger partial charge in [0, 0.05) is 48.1 Å². The van der Waals surface area contributed by atoms with Crippen molar-refractivity contribution in [3.05, 3.63) is 46.8 Å². The average molecular weight is 442 g/mol. The van der Waals surface area contributed by atoms with Gasteiger partial charge in [-0.05, 0) is 48.6 Å². The summed E-state index contributed by atoms with van der Waals surface area (Å²) in [4.78, 5) is 19.1. The molecule has 6 heteroatoms. The van der Waals surface area contributed by atoms with Crippen molar-refractivity contribution in [3.63, 3.8) is 0 Å². The van der Waals surface area contributed by atoms with E-state index in [1.54, 1.807) is 11.3 Å². The maximum atomic E-state index is 13.2. The number of carbonyl (C=O) groups excluding carboxylic acids is 1. The highest BCUT2D eigenvalue weighted by molar-refractivity contribution is 7.13. The zero-order chi connectivity index (χ0) is 20.5. The summed E-state index contributed by atoms with van der Waals surface area (Å²) in [7, 11) is 0. The van der Waals surface area contributed by atoms with Gasteiger partial charge in [-0.3, -0.25) is 9.69 Å². The van der Waals surface area contributed by atoms with E-state index in [0.717, 1.165) is 53.8 Å². The fourth-order valence-electron chi connectivity index (χ4n) is 5.06. The normalized spacial score (nSPS) is 18.9. The van der Waals surface area contributed by atoms with Gasteiger partial charge in [-0.2, -0.15) is 0 Å². The van der Waals surface area contributed by atoms with E-state index >= 15 is 0 Å². The first-order chi connectivity index (χ1) is 14.7. The minimum atomic E-state index is 0.212. The van der Waals surface area contributed by atoms with E-state index in [2.05, 4.69) is 37.9 Å². The number of amides is 1. The SMILES string of the molecule is O=C(Cn1c(-c2cccs2)cc2cc(Cl)ccc21)N1CCN(C2CCCCC2)CC1. The second kappa shape index (κ2) is 8.74. The van der Waals surface area contributed by atoms with E-state index < -0.39 is 0 Å². The Balaban J connectivity index is 1.33. The van der Waals surface area contributed by atoms with Crippen LogP contribution in [-0.2, 0) is 11.3 Å². The molecule has 5 rings (SSSR count). The van der Waals surface area contributed by atoms with Crippen LogP contribution in [0.2, 0.25) is 5.02 Å². The van der Waals surface area contributed by atoms with Gasteiger partial charge in [0.25, 0.3) is 0 Å². The molecular weight excluding hydrogens is 414 g/mol. The number of thiophene rings is 1.